The Balaban J connectivity index is 2.60. The quantitative estimate of drug-likeness (QED) is 0.800. The van der Waals surface area contributed by atoms with Gasteiger partial charge in [-0.15, -0.1) is 0 Å². The molecule has 0 aliphatic heterocycles. The van der Waals surface area contributed by atoms with Crippen LogP contribution in [0.4, 0.5) is 0 Å². The van der Waals surface area contributed by atoms with Gasteiger partial charge in [-0.3, -0.25) is 0 Å². The molecule has 1 rings (SSSR count). The van der Waals surface area contributed by atoms with Crippen LogP contribution in [-0.2, 0) is 4.74 Å². The number of halogens is 1. The highest BCUT2D eigenvalue weighted by molar-refractivity contribution is 6.29. The normalized spacial score (nSPS) is 13.3. The highest BCUT2D eigenvalue weighted by Crippen LogP contribution is 2.24. The van der Waals surface area contributed by atoms with Crippen LogP contribution >= 0.6 is 11.6 Å². The van der Waals surface area contributed by atoms with Gasteiger partial charge < -0.3 is 14.5 Å². The molecular formula is C12H20ClNO2. The van der Waals surface area contributed by atoms with Crippen molar-refractivity contribution in [3.8, 4) is 0 Å². The van der Waals surface area contributed by atoms with E-state index in [1.807, 2.05) is 19.9 Å². The molecule has 0 amide bonds. The van der Waals surface area contributed by atoms with Crippen molar-refractivity contribution < 1.29 is 9.15 Å². The molecule has 16 heavy (non-hydrogen) atoms. The predicted molar refractivity (Wildman–Crippen MR) is 65.8 cm³/mol. The first-order valence-electron chi connectivity index (χ1n) is 5.73. The monoisotopic (exact) mass is 245 g/mol. The molecule has 0 saturated heterocycles. The zero-order valence-electron chi connectivity index (χ0n) is 10.1. The fourth-order valence-electron chi connectivity index (χ4n) is 1.42. The molecule has 1 aromatic heterocycles. The van der Waals surface area contributed by atoms with Crippen molar-refractivity contribution in [2.75, 3.05) is 13.2 Å². The fourth-order valence-corrected chi connectivity index (χ4v) is 1.67. The second-order valence-corrected chi connectivity index (χ2v) is 4.38. The Labute approximate surface area is 102 Å². The van der Waals surface area contributed by atoms with Crippen molar-refractivity contribution >= 4 is 11.6 Å². The maximum Gasteiger partial charge on any atom is 0.197 e. The van der Waals surface area contributed by atoms with Crippen molar-refractivity contribution in [3.05, 3.63) is 23.1 Å². The van der Waals surface area contributed by atoms with Crippen LogP contribution in [0.2, 0.25) is 5.22 Å². The van der Waals surface area contributed by atoms with Crippen LogP contribution in [0, 0.1) is 0 Å². The fraction of sp³-hybridized carbons (Fsp3) is 0.667. The molecule has 3 nitrogen and oxygen atoms in total. The van der Waals surface area contributed by atoms with E-state index in [9.17, 15) is 0 Å². The molecule has 0 bridgehead atoms. The summed E-state index contributed by atoms with van der Waals surface area (Å²) in [6, 6.07) is 1.99. The lowest BCUT2D eigenvalue weighted by Gasteiger charge is -2.19. The van der Waals surface area contributed by atoms with Gasteiger partial charge in [-0.2, -0.15) is 0 Å². The molecule has 0 spiro atoms. The average molecular weight is 246 g/mol. The second-order valence-electron chi connectivity index (χ2n) is 4.04. The van der Waals surface area contributed by atoms with Gasteiger partial charge in [0, 0.05) is 5.56 Å². The maximum absolute atomic E-state index is 5.97. The number of ether oxygens (including phenoxy) is 1. The van der Waals surface area contributed by atoms with Gasteiger partial charge in [-0.1, -0.05) is 6.92 Å². The molecule has 0 aliphatic rings. The lowest BCUT2D eigenvalue weighted by Crippen LogP contribution is -2.27. The van der Waals surface area contributed by atoms with Gasteiger partial charge in [-0.25, -0.2) is 0 Å². The summed E-state index contributed by atoms with van der Waals surface area (Å²) in [6.45, 7) is 7.72. The molecule has 0 radical (unpaired) electrons. The maximum atomic E-state index is 5.97. The van der Waals surface area contributed by atoms with Crippen molar-refractivity contribution in [1.29, 1.82) is 0 Å². The van der Waals surface area contributed by atoms with E-state index in [1.54, 1.807) is 6.26 Å². The minimum atomic E-state index is 0.105. The summed E-state index contributed by atoms with van der Waals surface area (Å²) in [5, 5.41) is 3.84. The second kappa shape index (κ2) is 6.94. The van der Waals surface area contributed by atoms with Gasteiger partial charge >= 0.3 is 0 Å². The number of hydrogen-bond acceptors (Lipinski definition) is 3. The van der Waals surface area contributed by atoms with E-state index in [0.29, 0.717) is 11.8 Å². The molecule has 0 aromatic carbocycles. The van der Waals surface area contributed by atoms with Gasteiger partial charge in [0.15, 0.2) is 5.22 Å². The lowest BCUT2D eigenvalue weighted by molar-refractivity contribution is 0.0610. The van der Waals surface area contributed by atoms with Crippen molar-refractivity contribution in [2.24, 2.45) is 0 Å². The van der Waals surface area contributed by atoms with Crippen molar-refractivity contribution in [2.45, 2.75) is 39.3 Å². The third-order valence-corrected chi connectivity index (χ3v) is 2.57. The summed E-state index contributed by atoms with van der Waals surface area (Å²) in [7, 11) is 0. The van der Waals surface area contributed by atoms with Crippen LogP contribution < -0.4 is 5.32 Å². The minimum absolute atomic E-state index is 0.105. The van der Waals surface area contributed by atoms with Crippen LogP contribution in [0.25, 0.3) is 0 Å². The minimum Gasteiger partial charge on any atom is -0.453 e. The number of furan rings is 1. The molecule has 92 valence electrons. The summed E-state index contributed by atoms with van der Waals surface area (Å²) in [5.41, 5.74) is 0.968. The zero-order valence-corrected chi connectivity index (χ0v) is 10.9. The van der Waals surface area contributed by atoms with E-state index in [4.69, 9.17) is 20.8 Å². The molecular weight excluding hydrogens is 226 g/mol. The molecule has 1 N–H and O–H groups in total. The lowest BCUT2D eigenvalue weighted by atomic mass is 10.1. The largest absolute Gasteiger partial charge is 0.453 e. The van der Waals surface area contributed by atoms with Crippen molar-refractivity contribution in [3.63, 3.8) is 0 Å². The molecule has 0 aliphatic carbocycles. The van der Waals surface area contributed by atoms with Crippen LogP contribution in [0.15, 0.2) is 16.7 Å². The third kappa shape index (κ3) is 4.16. The van der Waals surface area contributed by atoms with Gasteiger partial charge in [0.1, 0.15) is 0 Å². The van der Waals surface area contributed by atoms with E-state index in [0.717, 1.165) is 18.5 Å². The van der Waals surface area contributed by atoms with Gasteiger partial charge in [0.05, 0.1) is 25.0 Å². The summed E-state index contributed by atoms with van der Waals surface area (Å²) in [4.78, 5) is 0. The Morgan fingerprint density at radius 2 is 2.25 bits per heavy atom. The van der Waals surface area contributed by atoms with Crippen LogP contribution in [0.1, 0.15) is 38.8 Å². The SMILES string of the molecule is CCCNC(COC(C)C)c1ccoc1Cl. The van der Waals surface area contributed by atoms with Crippen LogP contribution in [-0.4, -0.2) is 19.3 Å². The Morgan fingerprint density at radius 3 is 2.75 bits per heavy atom. The molecule has 0 fully saturated rings. The summed E-state index contributed by atoms with van der Waals surface area (Å²) >= 11 is 5.97. The predicted octanol–water partition coefficient (Wildman–Crippen LogP) is 3.40. The van der Waals surface area contributed by atoms with Gasteiger partial charge in [0.2, 0.25) is 0 Å². The smallest absolute Gasteiger partial charge is 0.197 e. The zero-order chi connectivity index (χ0) is 12.0. The molecule has 1 heterocycles. The molecule has 1 atom stereocenters. The van der Waals surface area contributed by atoms with E-state index in [-0.39, 0.29) is 12.1 Å². The van der Waals surface area contributed by atoms with E-state index < -0.39 is 0 Å². The highest BCUT2D eigenvalue weighted by atomic mass is 35.5. The van der Waals surface area contributed by atoms with E-state index >= 15 is 0 Å². The summed E-state index contributed by atoms with van der Waals surface area (Å²) in [6.07, 6.45) is 2.90. The van der Waals surface area contributed by atoms with Gasteiger partial charge in [-0.05, 0) is 44.5 Å². The first-order chi connectivity index (χ1) is 7.65. The number of rotatable bonds is 7. The third-order valence-electron chi connectivity index (χ3n) is 2.26. The highest BCUT2D eigenvalue weighted by Gasteiger charge is 2.16. The standard InChI is InChI=1S/C12H20ClNO2/c1-4-6-14-11(8-16-9(2)3)10-5-7-15-12(10)13/h5,7,9,11,14H,4,6,8H2,1-3H3. The molecule has 1 aromatic rings. The Hall–Kier alpha value is -0.510. The summed E-state index contributed by atoms with van der Waals surface area (Å²) < 4.78 is 10.7. The first kappa shape index (κ1) is 13.6. The van der Waals surface area contributed by atoms with E-state index in [1.165, 1.54) is 0 Å². The average Bonchev–Trinajstić information content (AvgIpc) is 2.65. The number of hydrogen-bond donors (Lipinski definition) is 1. The Kier molecular flexibility index (Phi) is 5.88. The van der Waals surface area contributed by atoms with E-state index in [2.05, 4.69) is 12.2 Å². The Morgan fingerprint density at radius 1 is 1.50 bits per heavy atom. The Bertz CT molecular complexity index is 299. The van der Waals surface area contributed by atoms with Crippen LogP contribution in [0.3, 0.4) is 0 Å². The first-order valence-corrected chi connectivity index (χ1v) is 6.10. The summed E-state index contributed by atoms with van der Waals surface area (Å²) in [5.74, 6) is 0. The number of nitrogens with one attached hydrogen (secondary N) is 1. The molecule has 0 saturated carbocycles. The topological polar surface area (TPSA) is 34.4 Å². The van der Waals surface area contributed by atoms with Gasteiger partial charge in [0.25, 0.3) is 0 Å². The van der Waals surface area contributed by atoms with Crippen LogP contribution in [0.5, 0.6) is 0 Å². The molecule has 4 heteroatoms. The van der Waals surface area contributed by atoms with Crippen molar-refractivity contribution in [1.82, 2.24) is 5.32 Å². The molecule has 1 unspecified atom stereocenters.